The molecule has 0 fully saturated rings. The van der Waals surface area contributed by atoms with Gasteiger partial charge >= 0.3 is 16.5 Å². The topological polar surface area (TPSA) is 16.1 Å². The van der Waals surface area contributed by atoms with Crippen molar-refractivity contribution in [3.05, 3.63) is 59.4 Å². The van der Waals surface area contributed by atoms with Gasteiger partial charge in [-0.15, -0.1) is 0 Å². The molecule has 1 heterocycles. The summed E-state index contributed by atoms with van der Waals surface area (Å²) in [6.07, 6.45) is 0. The van der Waals surface area contributed by atoms with Crippen molar-refractivity contribution in [2.45, 2.75) is 26.2 Å². The van der Waals surface area contributed by atoms with Gasteiger partial charge in [-0.2, -0.15) is 0 Å². The molecule has 0 atom stereocenters. The number of pyridine rings is 1. The van der Waals surface area contributed by atoms with Crippen molar-refractivity contribution >= 4 is 22.2 Å². The first-order chi connectivity index (χ1) is 8.93. The van der Waals surface area contributed by atoms with Gasteiger partial charge < -0.3 is 3.88 Å². The summed E-state index contributed by atoms with van der Waals surface area (Å²) >= 11 is 2.72. The van der Waals surface area contributed by atoms with Crippen LogP contribution in [0, 0.1) is 6.92 Å². The van der Waals surface area contributed by atoms with Crippen LogP contribution < -0.4 is 3.88 Å². The fourth-order valence-electron chi connectivity index (χ4n) is 2.34. The van der Waals surface area contributed by atoms with Gasteiger partial charge in [-0.3, -0.25) is 4.98 Å². The predicted octanol–water partition coefficient (Wildman–Crippen LogP) is 3.24. The zero-order chi connectivity index (χ0) is 14.0. The van der Waals surface area contributed by atoms with Crippen LogP contribution in [0.5, 0.6) is 0 Å². The first-order valence-electron chi connectivity index (χ1n) is 6.45. The Morgan fingerprint density at radius 1 is 1.05 bits per heavy atom. The summed E-state index contributed by atoms with van der Waals surface area (Å²) in [5.41, 5.74) is 4.54. The summed E-state index contributed by atoms with van der Waals surface area (Å²) in [6, 6.07) is 14.7. The average Bonchev–Trinajstić information content (AvgIpc) is 2.38. The number of benzene rings is 1. The lowest BCUT2D eigenvalue weighted by Crippen LogP contribution is -2.25. The molecule has 0 unspecified atom stereocenters. The minimum Gasteiger partial charge on any atom is -0.481 e. The van der Waals surface area contributed by atoms with E-state index in [0.29, 0.717) is 0 Å². The fourth-order valence-corrected chi connectivity index (χ4v) is 2.56. The number of para-hydroxylation sites is 1. The minimum atomic E-state index is -0.118. The molecule has 2 nitrogen and oxygen atoms in total. The number of hydrogen-bond donors (Lipinski definition) is 0. The highest BCUT2D eigenvalue weighted by Gasteiger charge is 2.27. The lowest BCUT2D eigenvalue weighted by atomic mass is 9.80. The Kier molecular flexibility index (Phi) is 3.99. The van der Waals surface area contributed by atoms with E-state index in [1.807, 2.05) is 20.0 Å². The first-order valence-corrected chi connectivity index (χ1v) is 6.96. The van der Waals surface area contributed by atoms with E-state index in [1.54, 1.807) is 0 Å². The van der Waals surface area contributed by atoms with Crippen molar-refractivity contribution in [1.29, 1.82) is 0 Å². The van der Waals surface area contributed by atoms with E-state index in [2.05, 4.69) is 70.6 Å². The molecule has 2 radical (unpaired) electrons. The van der Waals surface area contributed by atoms with E-state index in [4.69, 9.17) is 4.98 Å². The number of anilines is 1. The van der Waals surface area contributed by atoms with Crippen molar-refractivity contribution in [2.75, 3.05) is 10.9 Å². The fraction of sp³-hybridized carbons (Fsp3) is 0.312. The second-order valence-electron chi connectivity index (χ2n) is 5.42. The van der Waals surface area contributed by atoms with Gasteiger partial charge in [0.15, 0.2) is 0 Å². The standard InChI is InChI=1S/C16H19N2.Al/c1-12-8-7-11-15(18-12)16(2,3)13-9-5-6-10-14(13)17-4;/h5-11H,1-4H3;/q-1;+1. The maximum atomic E-state index is 4.70. The van der Waals surface area contributed by atoms with Gasteiger partial charge in [0.2, 0.25) is 0 Å². The van der Waals surface area contributed by atoms with Crippen molar-refractivity contribution in [3.63, 3.8) is 0 Å². The smallest absolute Gasteiger partial charge is 0.309 e. The second-order valence-corrected chi connectivity index (χ2v) is 6.19. The molecule has 3 heteroatoms. The SMILES string of the molecule is Cc1cccc(C(C)(C)c2ccccc2[N](C)[Al])n1. The van der Waals surface area contributed by atoms with E-state index in [-0.39, 0.29) is 5.41 Å². The van der Waals surface area contributed by atoms with Crippen molar-refractivity contribution in [2.24, 2.45) is 0 Å². The Balaban J connectivity index is 2.56. The van der Waals surface area contributed by atoms with Gasteiger partial charge in [0.25, 0.3) is 0 Å². The van der Waals surface area contributed by atoms with E-state index in [9.17, 15) is 0 Å². The van der Waals surface area contributed by atoms with Gasteiger partial charge in [0.1, 0.15) is 0 Å². The highest BCUT2D eigenvalue weighted by Crippen LogP contribution is 2.35. The molecule has 19 heavy (non-hydrogen) atoms. The largest absolute Gasteiger partial charge is 0.481 e. The lowest BCUT2D eigenvalue weighted by Gasteiger charge is -2.31. The molecule has 0 amide bonds. The molecule has 0 aliphatic carbocycles. The van der Waals surface area contributed by atoms with Crippen LogP contribution in [0.1, 0.15) is 30.8 Å². The monoisotopic (exact) mass is 266 g/mol. The lowest BCUT2D eigenvalue weighted by molar-refractivity contribution is 0.615. The maximum absolute atomic E-state index is 4.70. The molecule has 0 N–H and O–H groups in total. The normalized spacial score (nSPS) is 11.4. The Morgan fingerprint density at radius 3 is 2.37 bits per heavy atom. The third kappa shape index (κ3) is 2.83. The Labute approximate surface area is 124 Å². The molecular weight excluding hydrogens is 247 g/mol. The van der Waals surface area contributed by atoms with E-state index in [0.717, 1.165) is 11.4 Å². The third-order valence-corrected chi connectivity index (χ3v) is 3.76. The number of nitrogens with zero attached hydrogens (tertiary/aromatic N) is 2. The van der Waals surface area contributed by atoms with Gasteiger partial charge in [-0.05, 0) is 37.7 Å². The summed E-state index contributed by atoms with van der Waals surface area (Å²) in [5, 5.41) is 0. The number of aryl methyl sites for hydroxylation is 1. The van der Waals surface area contributed by atoms with Crippen molar-refractivity contribution < 1.29 is 0 Å². The first kappa shape index (κ1) is 14.1. The quantitative estimate of drug-likeness (QED) is 0.793. The highest BCUT2D eigenvalue weighted by molar-refractivity contribution is 6.17. The zero-order valence-electron chi connectivity index (χ0n) is 12.0. The van der Waals surface area contributed by atoms with Crippen LogP contribution in [0.3, 0.4) is 0 Å². The average molecular weight is 266 g/mol. The van der Waals surface area contributed by atoms with Crippen LogP contribution in [0.2, 0.25) is 0 Å². The van der Waals surface area contributed by atoms with E-state index in [1.165, 1.54) is 11.3 Å². The molecule has 96 valence electrons. The van der Waals surface area contributed by atoms with Crippen LogP contribution in [-0.2, 0) is 5.41 Å². The van der Waals surface area contributed by atoms with Crippen molar-refractivity contribution in [1.82, 2.24) is 4.98 Å². The molecule has 2 aromatic rings. The molecule has 0 spiro atoms. The van der Waals surface area contributed by atoms with Gasteiger partial charge in [0.05, 0.1) is 5.69 Å². The van der Waals surface area contributed by atoms with Crippen LogP contribution in [0.15, 0.2) is 42.5 Å². The maximum Gasteiger partial charge on any atom is 0.309 e. The van der Waals surface area contributed by atoms with Gasteiger partial charge in [0, 0.05) is 16.8 Å². The zero-order valence-corrected chi connectivity index (χ0v) is 13.2. The van der Waals surface area contributed by atoms with Gasteiger partial charge in [-0.1, -0.05) is 38.1 Å². The third-order valence-electron chi connectivity index (χ3n) is 3.49. The van der Waals surface area contributed by atoms with Crippen LogP contribution in [0.25, 0.3) is 0 Å². The summed E-state index contributed by atoms with van der Waals surface area (Å²) in [7, 11) is 2.04. The molecule has 1 aromatic heterocycles. The molecule has 2 rings (SSSR count). The van der Waals surface area contributed by atoms with E-state index < -0.39 is 0 Å². The molecule has 0 bridgehead atoms. The van der Waals surface area contributed by atoms with Crippen LogP contribution in [-0.4, -0.2) is 28.5 Å². The highest BCUT2D eigenvalue weighted by atomic mass is 27.1. The molecular formula is C16H19AlN2. The number of rotatable bonds is 3. The second kappa shape index (κ2) is 5.37. The summed E-state index contributed by atoms with van der Waals surface area (Å²) in [5.74, 6) is 0. The van der Waals surface area contributed by atoms with Crippen molar-refractivity contribution in [3.8, 4) is 0 Å². The van der Waals surface area contributed by atoms with Crippen LogP contribution >= 0.6 is 0 Å². The van der Waals surface area contributed by atoms with Crippen LogP contribution in [0.4, 0.5) is 5.69 Å². The number of aromatic nitrogens is 1. The Bertz CT molecular complexity index is 576. The summed E-state index contributed by atoms with van der Waals surface area (Å²) < 4.78 is 2.08. The predicted molar refractivity (Wildman–Crippen MR) is 81.7 cm³/mol. The summed E-state index contributed by atoms with van der Waals surface area (Å²) in [6.45, 7) is 6.48. The molecule has 0 aliphatic rings. The Morgan fingerprint density at radius 2 is 1.74 bits per heavy atom. The van der Waals surface area contributed by atoms with E-state index >= 15 is 0 Å². The van der Waals surface area contributed by atoms with Gasteiger partial charge in [-0.25, -0.2) is 0 Å². The molecule has 0 aliphatic heterocycles. The Hall–Kier alpha value is -1.30. The molecule has 0 saturated carbocycles. The minimum absolute atomic E-state index is 0.118. The summed E-state index contributed by atoms with van der Waals surface area (Å²) in [4.78, 5) is 4.70. The molecule has 1 aromatic carbocycles. The molecule has 0 saturated heterocycles. The number of hydrogen-bond acceptors (Lipinski definition) is 2.